The molecule has 1 fully saturated rings. The fraction of sp³-hybridized carbons (Fsp3) is 0.500. The molecule has 120 valence electrons. The van der Waals surface area contributed by atoms with Crippen molar-refractivity contribution < 1.29 is 9.72 Å². The first-order valence-corrected chi connectivity index (χ1v) is 7.45. The summed E-state index contributed by atoms with van der Waals surface area (Å²) < 4.78 is 0. The zero-order valence-corrected chi connectivity index (χ0v) is 13.2. The number of likely N-dealkylation sites (N-methyl/N-ethyl adjacent to an activating group) is 1. The third-order valence-electron chi connectivity index (χ3n) is 3.53. The highest BCUT2D eigenvalue weighted by atomic mass is 35.5. The van der Waals surface area contributed by atoms with E-state index in [1.54, 1.807) is 6.07 Å². The van der Waals surface area contributed by atoms with Crippen LogP contribution >= 0.6 is 11.6 Å². The molecule has 1 aromatic rings. The van der Waals surface area contributed by atoms with Crippen molar-refractivity contribution >= 4 is 23.2 Å². The average Bonchev–Trinajstić information content (AvgIpc) is 2.49. The van der Waals surface area contributed by atoms with Gasteiger partial charge in [0.1, 0.15) is 5.02 Å². The minimum absolute atomic E-state index is 0.0764. The molecule has 2 rings (SSSR count). The molecule has 1 aromatic carbocycles. The summed E-state index contributed by atoms with van der Waals surface area (Å²) in [5, 5.41) is 14.2. The van der Waals surface area contributed by atoms with Gasteiger partial charge in [-0.3, -0.25) is 19.8 Å². The van der Waals surface area contributed by atoms with Crippen molar-refractivity contribution in [3.63, 3.8) is 0 Å². The van der Waals surface area contributed by atoms with Crippen molar-refractivity contribution in [2.45, 2.75) is 6.54 Å². The van der Waals surface area contributed by atoms with Crippen LogP contribution in [0.2, 0.25) is 5.02 Å². The van der Waals surface area contributed by atoms with Crippen LogP contribution in [0.15, 0.2) is 18.2 Å². The minimum atomic E-state index is -0.502. The first-order valence-electron chi connectivity index (χ1n) is 7.07. The molecule has 0 aliphatic carbocycles. The van der Waals surface area contributed by atoms with Gasteiger partial charge in [0.25, 0.3) is 5.69 Å². The van der Waals surface area contributed by atoms with Gasteiger partial charge in [-0.2, -0.15) is 0 Å². The molecule has 0 aromatic heterocycles. The Morgan fingerprint density at radius 2 is 2.14 bits per heavy atom. The summed E-state index contributed by atoms with van der Waals surface area (Å²) in [5.41, 5.74) is 0.646. The van der Waals surface area contributed by atoms with Crippen LogP contribution in [-0.4, -0.2) is 60.4 Å². The van der Waals surface area contributed by atoms with Gasteiger partial charge in [-0.25, -0.2) is 0 Å². The number of piperazine rings is 1. The van der Waals surface area contributed by atoms with Gasteiger partial charge in [0, 0.05) is 38.8 Å². The second kappa shape index (κ2) is 7.53. The number of halogens is 1. The third-order valence-corrected chi connectivity index (χ3v) is 3.85. The van der Waals surface area contributed by atoms with E-state index in [1.165, 1.54) is 12.1 Å². The summed E-state index contributed by atoms with van der Waals surface area (Å²) in [6.07, 6.45) is 0. The highest BCUT2D eigenvalue weighted by Gasteiger charge is 2.18. The van der Waals surface area contributed by atoms with E-state index in [1.807, 2.05) is 16.8 Å². The molecule has 1 N–H and O–H groups in total. The molecule has 1 aliphatic heterocycles. The predicted octanol–water partition coefficient (Wildman–Crippen LogP) is 1.11. The summed E-state index contributed by atoms with van der Waals surface area (Å²) in [5.74, 6) is 0.0764. The second-order valence-electron chi connectivity index (χ2n) is 5.35. The fourth-order valence-corrected chi connectivity index (χ4v) is 2.60. The lowest BCUT2D eigenvalue weighted by molar-refractivity contribution is -0.384. The highest BCUT2D eigenvalue weighted by Crippen LogP contribution is 2.25. The van der Waals surface area contributed by atoms with Crippen molar-refractivity contribution in [3.05, 3.63) is 38.9 Å². The molecule has 0 unspecified atom stereocenters. The fourth-order valence-electron chi connectivity index (χ4n) is 2.41. The number of nitrogens with zero attached hydrogens (tertiary/aromatic N) is 3. The zero-order valence-electron chi connectivity index (χ0n) is 12.4. The third kappa shape index (κ3) is 4.40. The van der Waals surface area contributed by atoms with Crippen molar-refractivity contribution in [2.24, 2.45) is 0 Å². The number of carbonyl (C=O) groups is 1. The van der Waals surface area contributed by atoms with Crippen LogP contribution in [0.5, 0.6) is 0 Å². The number of rotatable bonds is 5. The van der Waals surface area contributed by atoms with E-state index in [4.69, 9.17) is 11.6 Å². The van der Waals surface area contributed by atoms with Crippen molar-refractivity contribution in [3.8, 4) is 0 Å². The van der Waals surface area contributed by atoms with Crippen LogP contribution in [0.1, 0.15) is 5.56 Å². The van der Waals surface area contributed by atoms with E-state index in [0.717, 1.165) is 31.7 Å². The summed E-state index contributed by atoms with van der Waals surface area (Å²) >= 11 is 5.79. The topological polar surface area (TPSA) is 78.7 Å². The number of hydrogen-bond donors (Lipinski definition) is 1. The molecule has 1 aliphatic rings. The van der Waals surface area contributed by atoms with Gasteiger partial charge in [0.05, 0.1) is 11.5 Å². The minimum Gasteiger partial charge on any atom is -0.339 e. The van der Waals surface area contributed by atoms with E-state index in [9.17, 15) is 14.9 Å². The average molecular weight is 327 g/mol. The number of nitrogens with one attached hydrogen (secondary N) is 1. The summed E-state index contributed by atoms with van der Waals surface area (Å²) in [4.78, 5) is 26.2. The van der Waals surface area contributed by atoms with E-state index in [2.05, 4.69) is 5.32 Å². The lowest BCUT2D eigenvalue weighted by Crippen LogP contribution is -2.49. The van der Waals surface area contributed by atoms with Gasteiger partial charge < -0.3 is 10.2 Å². The Morgan fingerprint density at radius 3 is 2.77 bits per heavy atom. The van der Waals surface area contributed by atoms with Crippen molar-refractivity contribution in [2.75, 3.05) is 39.8 Å². The number of amides is 1. The molecule has 0 saturated carbocycles. The summed E-state index contributed by atoms with van der Waals surface area (Å²) in [6, 6.07) is 4.70. The highest BCUT2D eigenvalue weighted by molar-refractivity contribution is 6.32. The zero-order chi connectivity index (χ0) is 16.1. The quantitative estimate of drug-likeness (QED) is 0.648. The van der Waals surface area contributed by atoms with Gasteiger partial charge in [-0.05, 0) is 18.7 Å². The molecule has 1 heterocycles. The van der Waals surface area contributed by atoms with E-state index in [0.29, 0.717) is 6.54 Å². The Balaban J connectivity index is 1.94. The van der Waals surface area contributed by atoms with Crippen LogP contribution in [0.4, 0.5) is 5.69 Å². The van der Waals surface area contributed by atoms with E-state index >= 15 is 0 Å². The SMILES string of the molecule is CN(CC(=O)N1CCNCC1)Cc1ccc(Cl)c([N+](=O)[O-])c1. The predicted molar refractivity (Wildman–Crippen MR) is 83.9 cm³/mol. The van der Waals surface area contributed by atoms with Gasteiger partial charge in [0.15, 0.2) is 0 Å². The number of benzene rings is 1. The Hall–Kier alpha value is -1.70. The summed E-state index contributed by atoms with van der Waals surface area (Å²) in [7, 11) is 1.82. The van der Waals surface area contributed by atoms with Crippen LogP contribution in [-0.2, 0) is 11.3 Å². The first kappa shape index (κ1) is 16.7. The second-order valence-corrected chi connectivity index (χ2v) is 5.75. The van der Waals surface area contributed by atoms with Gasteiger partial charge in [-0.15, -0.1) is 0 Å². The molecule has 0 atom stereocenters. The molecular weight excluding hydrogens is 308 g/mol. The maximum Gasteiger partial charge on any atom is 0.288 e. The molecule has 1 saturated heterocycles. The molecule has 7 nitrogen and oxygen atoms in total. The van der Waals surface area contributed by atoms with Gasteiger partial charge >= 0.3 is 0 Å². The number of nitro benzene ring substituents is 1. The van der Waals surface area contributed by atoms with Gasteiger partial charge in [0.2, 0.25) is 5.91 Å². The van der Waals surface area contributed by atoms with Crippen LogP contribution in [0, 0.1) is 10.1 Å². The van der Waals surface area contributed by atoms with E-state index in [-0.39, 0.29) is 23.2 Å². The molecule has 8 heteroatoms. The molecule has 0 spiro atoms. The Labute approximate surface area is 134 Å². The lowest BCUT2D eigenvalue weighted by atomic mass is 10.2. The summed E-state index contributed by atoms with van der Waals surface area (Å²) in [6.45, 7) is 3.82. The molecule has 0 bridgehead atoms. The van der Waals surface area contributed by atoms with Gasteiger partial charge in [-0.1, -0.05) is 17.7 Å². The molecule has 1 amide bonds. The van der Waals surface area contributed by atoms with Crippen LogP contribution in [0.25, 0.3) is 0 Å². The smallest absolute Gasteiger partial charge is 0.288 e. The normalized spacial score (nSPS) is 15.1. The standard InChI is InChI=1S/C14H19ClN4O3/c1-17(10-14(20)18-6-4-16-5-7-18)9-11-2-3-12(15)13(8-11)19(21)22/h2-3,8,16H,4-7,9-10H2,1H3. The maximum atomic E-state index is 12.2. The van der Waals surface area contributed by atoms with Crippen molar-refractivity contribution in [1.82, 2.24) is 15.1 Å². The largest absolute Gasteiger partial charge is 0.339 e. The molecule has 22 heavy (non-hydrogen) atoms. The lowest BCUT2D eigenvalue weighted by Gasteiger charge is -2.29. The van der Waals surface area contributed by atoms with Crippen LogP contribution < -0.4 is 5.32 Å². The van der Waals surface area contributed by atoms with Crippen molar-refractivity contribution in [1.29, 1.82) is 0 Å². The van der Waals surface area contributed by atoms with Crippen LogP contribution in [0.3, 0.4) is 0 Å². The molecular formula is C14H19ClN4O3. The number of nitro groups is 1. The number of hydrogen-bond acceptors (Lipinski definition) is 5. The monoisotopic (exact) mass is 326 g/mol. The number of carbonyl (C=O) groups excluding carboxylic acids is 1. The molecule has 0 radical (unpaired) electrons. The Morgan fingerprint density at radius 1 is 1.45 bits per heavy atom. The Bertz CT molecular complexity index is 561. The maximum absolute atomic E-state index is 12.2. The van der Waals surface area contributed by atoms with E-state index < -0.39 is 4.92 Å². The first-order chi connectivity index (χ1) is 10.5. The Kier molecular flexibility index (Phi) is 5.70.